The van der Waals surface area contributed by atoms with Gasteiger partial charge in [-0.15, -0.1) is 0 Å². The Bertz CT molecular complexity index is 1560. The fraction of sp³-hybridized carbons (Fsp3) is 0.605. The topological polar surface area (TPSA) is 79.4 Å². The van der Waals surface area contributed by atoms with Crippen molar-refractivity contribution in [1.29, 1.82) is 0 Å². The normalized spacial score (nSPS) is 23.0. The summed E-state index contributed by atoms with van der Waals surface area (Å²) < 4.78 is 83.0. The van der Waals surface area contributed by atoms with Gasteiger partial charge in [0.2, 0.25) is 17.7 Å². The first kappa shape index (κ1) is 37.0. The van der Waals surface area contributed by atoms with E-state index >= 15 is 0 Å². The second kappa shape index (κ2) is 14.4. The van der Waals surface area contributed by atoms with E-state index in [1.165, 1.54) is 23.8 Å². The molecule has 0 bridgehead atoms. The standard InChI is InChI=1S/C38H46F5N3O5/c1-3-37(39,40)15-8-9-20-44(2)33(48)36(38(41,42)43)17-21-45(22-18-36)32(47)31-14-16-35(19-23-51-35)25-46(31)34(49)50-24-30-28-12-6-4-10-26(28)27-11-5-7-13-29(27)30/h4-7,10-13,30-31H,3,8-9,14-25H2,1-2H3/t31-,35+/m0/s1. The van der Waals surface area contributed by atoms with E-state index in [9.17, 15) is 36.3 Å². The zero-order valence-corrected chi connectivity index (χ0v) is 29.2. The monoisotopic (exact) mass is 719 g/mol. The molecule has 0 unspecified atom stereocenters. The largest absolute Gasteiger partial charge is 0.448 e. The van der Waals surface area contributed by atoms with Crippen LogP contribution < -0.4 is 0 Å². The Balaban J connectivity index is 1.12. The van der Waals surface area contributed by atoms with Gasteiger partial charge in [0.15, 0.2) is 0 Å². The molecule has 3 aliphatic heterocycles. The zero-order valence-electron chi connectivity index (χ0n) is 29.2. The number of fused-ring (bicyclic) bond motifs is 3. The summed E-state index contributed by atoms with van der Waals surface area (Å²) in [5, 5.41) is 0. The second-order valence-electron chi connectivity index (χ2n) is 14.6. The lowest BCUT2D eigenvalue weighted by molar-refractivity contribution is -0.238. The molecule has 3 saturated heterocycles. The number of ether oxygens (including phenoxy) is 2. The molecule has 13 heteroatoms. The van der Waals surface area contributed by atoms with Gasteiger partial charge in [-0.25, -0.2) is 13.6 Å². The highest BCUT2D eigenvalue weighted by Gasteiger charge is 2.62. The molecule has 6 rings (SSSR count). The lowest BCUT2D eigenvalue weighted by Gasteiger charge is -2.51. The molecular weight excluding hydrogens is 673 g/mol. The minimum Gasteiger partial charge on any atom is -0.448 e. The number of carbonyl (C=O) groups is 3. The first-order chi connectivity index (χ1) is 24.2. The van der Waals surface area contributed by atoms with Crippen LogP contribution in [0, 0.1) is 5.41 Å². The first-order valence-corrected chi connectivity index (χ1v) is 18.0. The van der Waals surface area contributed by atoms with Gasteiger partial charge < -0.3 is 19.3 Å². The number of unbranched alkanes of at least 4 members (excludes halogenated alkanes) is 1. The van der Waals surface area contributed by atoms with Gasteiger partial charge in [-0.1, -0.05) is 55.5 Å². The van der Waals surface area contributed by atoms with E-state index in [4.69, 9.17) is 9.47 Å². The number of nitrogens with zero attached hydrogens (tertiary/aromatic N) is 3. The van der Waals surface area contributed by atoms with Crippen molar-refractivity contribution in [3.63, 3.8) is 0 Å². The number of rotatable bonds is 10. The lowest BCUT2D eigenvalue weighted by Crippen LogP contribution is -2.64. The molecule has 0 radical (unpaired) electrons. The maximum absolute atomic E-state index is 14.6. The van der Waals surface area contributed by atoms with Crippen LogP contribution in [0.4, 0.5) is 26.7 Å². The highest BCUT2D eigenvalue weighted by molar-refractivity contribution is 5.88. The predicted octanol–water partition coefficient (Wildman–Crippen LogP) is 7.40. The van der Waals surface area contributed by atoms with Crippen LogP contribution in [0.3, 0.4) is 0 Å². The molecule has 0 N–H and O–H groups in total. The van der Waals surface area contributed by atoms with Gasteiger partial charge >= 0.3 is 12.3 Å². The molecule has 0 aromatic heterocycles. The van der Waals surface area contributed by atoms with Crippen molar-refractivity contribution in [2.75, 3.05) is 46.4 Å². The van der Waals surface area contributed by atoms with Crippen LogP contribution in [0.15, 0.2) is 48.5 Å². The van der Waals surface area contributed by atoms with E-state index < -0.39 is 66.3 Å². The number of alkyl halides is 5. The van der Waals surface area contributed by atoms with Crippen molar-refractivity contribution in [3.8, 4) is 11.1 Å². The molecule has 3 fully saturated rings. The third kappa shape index (κ3) is 7.19. The highest BCUT2D eigenvalue weighted by atomic mass is 19.4. The Hall–Kier alpha value is -3.74. The zero-order chi connectivity index (χ0) is 36.6. The predicted molar refractivity (Wildman–Crippen MR) is 179 cm³/mol. The Labute approximate surface area is 295 Å². The summed E-state index contributed by atoms with van der Waals surface area (Å²) >= 11 is 0. The number of hydrogen-bond acceptors (Lipinski definition) is 5. The molecule has 3 heterocycles. The van der Waals surface area contributed by atoms with Crippen LogP contribution >= 0.6 is 0 Å². The second-order valence-corrected chi connectivity index (χ2v) is 14.6. The number of amides is 3. The molecule has 4 aliphatic rings. The van der Waals surface area contributed by atoms with Gasteiger partial charge in [-0.05, 0) is 60.8 Å². The van der Waals surface area contributed by atoms with E-state index in [1.807, 2.05) is 48.5 Å². The number of piperidine rings is 2. The summed E-state index contributed by atoms with van der Waals surface area (Å²) in [7, 11) is 1.26. The van der Waals surface area contributed by atoms with E-state index in [0.29, 0.717) is 13.0 Å². The SMILES string of the molecule is CCC(F)(F)CCCCN(C)C(=O)C1(C(F)(F)F)CCN(C(=O)[C@@H]2CC[C@@]3(CCO3)CN2C(=O)OCC2c3ccccc3-c3ccccc32)CC1. The Morgan fingerprint density at radius 1 is 0.922 bits per heavy atom. The van der Waals surface area contributed by atoms with Crippen LogP contribution in [0.2, 0.25) is 0 Å². The van der Waals surface area contributed by atoms with Crippen molar-refractivity contribution in [3.05, 3.63) is 59.7 Å². The third-order valence-corrected chi connectivity index (χ3v) is 11.6. The number of likely N-dealkylation sites (tertiary alicyclic amines) is 2. The number of hydrogen-bond donors (Lipinski definition) is 0. The molecule has 1 aliphatic carbocycles. The molecule has 8 nitrogen and oxygen atoms in total. The molecule has 2 aromatic carbocycles. The number of carbonyl (C=O) groups excluding carboxylic acids is 3. The van der Waals surface area contributed by atoms with Crippen LogP contribution in [0.1, 0.15) is 81.8 Å². The fourth-order valence-electron chi connectivity index (χ4n) is 8.21. The van der Waals surface area contributed by atoms with Crippen LogP contribution in [0.25, 0.3) is 11.1 Å². The summed E-state index contributed by atoms with van der Waals surface area (Å²) in [6, 6.07) is 14.9. The Morgan fingerprint density at radius 3 is 2.08 bits per heavy atom. The quantitative estimate of drug-likeness (QED) is 0.189. The molecule has 2 aromatic rings. The maximum Gasteiger partial charge on any atom is 0.410 e. The molecule has 278 valence electrons. The van der Waals surface area contributed by atoms with Gasteiger partial charge in [0.1, 0.15) is 18.1 Å². The minimum absolute atomic E-state index is 0.0482. The third-order valence-electron chi connectivity index (χ3n) is 11.6. The molecule has 3 amide bonds. The van der Waals surface area contributed by atoms with Crippen molar-refractivity contribution in [1.82, 2.24) is 14.7 Å². The van der Waals surface area contributed by atoms with Gasteiger partial charge in [0.25, 0.3) is 0 Å². The van der Waals surface area contributed by atoms with Gasteiger partial charge in [0, 0.05) is 51.9 Å². The van der Waals surface area contributed by atoms with Crippen LogP contribution in [-0.2, 0) is 19.1 Å². The molecule has 1 spiro atoms. The summed E-state index contributed by atoms with van der Waals surface area (Å²) in [5.74, 6) is -4.64. The maximum atomic E-state index is 14.6. The van der Waals surface area contributed by atoms with Crippen molar-refractivity contribution in [2.45, 2.75) is 94.4 Å². The van der Waals surface area contributed by atoms with Crippen molar-refractivity contribution < 1.29 is 45.8 Å². The summed E-state index contributed by atoms with van der Waals surface area (Å²) in [4.78, 5) is 44.9. The molecule has 2 atom stereocenters. The summed E-state index contributed by atoms with van der Waals surface area (Å²) in [6.07, 6.45) is -5.82. The summed E-state index contributed by atoms with van der Waals surface area (Å²) in [5.41, 5.74) is 0.938. The average molecular weight is 720 g/mol. The van der Waals surface area contributed by atoms with Gasteiger partial charge in [0.05, 0.1) is 18.8 Å². The number of halogens is 5. The Morgan fingerprint density at radius 2 is 1.53 bits per heavy atom. The van der Waals surface area contributed by atoms with E-state index in [-0.39, 0.29) is 64.4 Å². The van der Waals surface area contributed by atoms with Crippen molar-refractivity contribution in [2.24, 2.45) is 5.41 Å². The minimum atomic E-state index is -4.88. The molecule has 51 heavy (non-hydrogen) atoms. The van der Waals surface area contributed by atoms with Crippen LogP contribution in [-0.4, -0.2) is 103 Å². The Kier molecular flexibility index (Phi) is 10.4. The van der Waals surface area contributed by atoms with Gasteiger partial charge in [-0.3, -0.25) is 14.5 Å². The fourth-order valence-corrected chi connectivity index (χ4v) is 8.21. The number of benzene rings is 2. The smallest absolute Gasteiger partial charge is 0.410 e. The first-order valence-electron chi connectivity index (χ1n) is 18.0. The van der Waals surface area contributed by atoms with E-state index in [1.54, 1.807) is 0 Å². The van der Waals surface area contributed by atoms with E-state index in [2.05, 4.69) is 0 Å². The van der Waals surface area contributed by atoms with Crippen molar-refractivity contribution >= 4 is 17.9 Å². The molecular formula is C38H46F5N3O5. The average Bonchev–Trinajstić information content (AvgIpc) is 3.43. The summed E-state index contributed by atoms with van der Waals surface area (Å²) in [6.45, 7) is 1.36. The van der Waals surface area contributed by atoms with Crippen LogP contribution in [0.5, 0.6) is 0 Å². The molecule has 0 saturated carbocycles. The lowest BCUT2D eigenvalue weighted by atomic mass is 9.75. The highest BCUT2D eigenvalue weighted by Crippen LogP contribution is 2.49. The van der Waals surface area contributed by atoms with E-state index in [0.717, 1.165) is 33.6 Å². The van der Waals surface area contributed by atoms with Gasteiger partial charge in [-0.2, -0.15) is 13.2 Å².